The van der Waals surface area contributed by atoms with Crippen molar-refractivity contribution in [1.82, 2.24) is 20.2 Å². The van der Waals surface area contributed by atoms with Crippen molar-refractivity contribution < 1.29 is 8.42 Å². The van der Waals surface area contributed by atoms with E-state index in [0.717, 1.165) is 24.3 Å². The van der Waals surface area contributed by atoms with Crippen LogP contribution in [0.2, 0.25) is 0 Å². The first kappa shape index (κ1) is 16.8. The molecule has 8 heteroatoms. The van der Waals surface area contributed by atoms with E-state index in [0.29, 0.717) is 22.8 Å². The molecule has 1 unspecified atom stereocenters. The number of aromatic amines is 1. The lowest BCUT2D eigenvalue weighted by Gasteiger charge is -2.22. The van der Waals surface area contributed by atoms with Crippen molar-refractivity contribution in [3.63, 3.8) is 0 Å². The molecule has 1 atom stereocenters. The Kier molecular flexibility index (Phi) is 5.70. The number of nitrogens with zero attached hydrogens (tertiary/aromatic N) is 1. The van der Waals surface area contributed by atoms with Gasteiger partial charge in [-0.3, -0.25) is 5.10 Å². The van der Waals surface area contributed by atoms with Crippen LogP contribution in [0.3, 0.4) is 0 Å². The van der Waals surface area contributed by atoms with Gasteiger partial charge in [0.05, 0.1) is 11.4 Å². The molecule has 0 saturated carbocycles. The van der Waals surface area contributed by atoms with Crippen molar-refractivity contribution >= 4 is 21.8 Å². The maximum Gasteiger partial charge on any atom is 0.244 e. The number of rotatable bonds is 6. The molecular formula is C13H24N4O2S2. The second-order valence-electron chi connectivity index (χ2n) is 5.70. The zero-order chi connectivity index (χ0) is 15.5. The molecule has 0 aliphatic carbocycles. The number of H-pyrrole nitrogens is 1. The van der Waals surface area contributed by atoms with Crippen molar-refractivity contribution in [1.29, 1.82) is 0 Å². The fraction of sp³-hybridized carbons (Fsp3) is 0.769. The van der Waals surface area contributed by atoms with Crippen LogP contribution in [0.4, 0.5) is 0 Å². The van der Waals surface area contributed by atoms with Crippen LogP contribution in [-0.2, 0) is 16.6 Å². The highest BCUT2D eigenvalue weighted by molar-refractivity contribution is 7.99. The van der Waals surface area contributed by atoms with Crippen LogP contribution >= 0.6 is 11.8 Å². The standard InChI is InChI=1S/C13H24N4O2S2/c1-9(2)14-7-12-13(10(3)15-16-12)21(18,19)17-11-5-4-6-20-8-11/h9,11,14,17H,4-8H2,1-3H3,(H,15,16). The highest BCUT2D eigenvalue weighted by Crippen LogP contribution is 2.22. The number of aromatic nitrogens is 2. The van der Waals surface area contributed by atoms with Crippen molar-refractivity contribution in [2.75, 3.05) is 11.5 Å². The molecule has 1 aliphatic heterocycles. The van der Waals surface area contributed by atoms with Gasteiger partial charge in [-0.05, 0) is 25.5 Å². The van der Waals surface area contributed by atoms with E-state index in [1.807, 2.05) is 13.8 Å². The molecule has 0 spiro atoms. The SMILES string of the molecule is Cc1[nH]nc(CNC(C)C)c1S(=O)(=O)NC1CCCSC1. The van der Waals surface area contributed by atoms with E-state index in [1.165, 1.54) is 0 Å². The first-order valence-electron chi connectivity index (χ1n) is 7.27. The van der Waals surface area contributed by atoms with Crippen molar-refractivity contribution in [2.24, 2.45) is 0 Å². The number of hydrogen-bond acceptors (Lipinski definition) is 5. The number of hydrogen-bond donors (Lipinski definition) is 3. The predicted molar refractivity (Wildman–Crippen MR) is 86.0 cm³/mol. The number of thioether (sulfide) groups is 1. The quantitative estimate of drug-likeness (QED) is 0.733. The zero-order valence-electron chi connectivity index (χ0n) is 12.8. The number of sulfonamides is 1. The summed E-state index contributed by atoms with van der Waals surface area (Å²) in [6.45, 7) is 6.23. The Bertz CT molecular complexity index is 563. The van der Waals surface area contributed by atoms with Gasteiger partial charge in [0, 0.05) is 24.4 Å². The Labute approximate surface area is 130 Å². The molecule has 1 aromatic rings. The van der Waals surface area contributed by atoms with Crippen LogP contribution in [-0.4, -0.2) is 42.2 Å². The Morgan fingerprint density at radius 1 is 1.48 bits per heavy atom. The molecular weight excluding hydrogens is 308 g/mol. The van der Waals surface area contributed by atoms with Gasteiger partial charge in [0.25, 0.3) is 0 Å². The molecule has 1 fully saturated rings. The van der Waals surface area contributed by atoms with E-state index >= 15 is 0 Å². The normalized spacial score (nSPS) is 20.1. The third-order valence-corrected chi connectivity index (χ3v) is 6.33. The summed E-state index contributed by atoms with van der Waals surface area (Å²) in [5.74, 6) is 1.96. The van der Waals surface area contributed by atoms with Crippen LogP contribution in [0.5, 0.6) is 0 Å². The Hall–Kier alpha value is -0.570. The minimum atomic E-state index is -3.52. The molecule has 6 nitrogen and oxygen atoms in total. The summed E-state index contributed by atoms with van der Waals surface area (Å²) in [6, 6.07) is 0.300. The van der Waals surface area contributed by atoms with Crippen LogP contribution in [0.1, 0.15) is 38.1 Å². The predicted octanol–water partition coefficient (Wildman–Crippen LogP) is 1.39. The summed E-state index contributed by atoms with van der Waals surface area (Å²) < 4.78 is 28.1. The van der Waals surface area contributed by atoms with Gasteiger partial charge in [-0.15, -0.1) is 0 Å². The fourth-order valence-electron chi connectivity index (χ4n) is 2.36. The highest BCUT2D eigenvalue weighted by Gasteiger charge is 2.27. The fourth-order valence-corrected chi connectivity index (χ4v) is 5.17. The van der Waals surface area contributed by atoms with E-state index < -0.39 is 10.0 Å². The van der Waals surface area contributed by atoms with Gasteiger partial charge in [-0.25, -0.2) is 13.1 Å². The minimum absolute atomic E-state index is 0.0222. The molecule has 21 heavy (non-hydrogen) atoms. The Morgan fingerprint density at radius 2 is 2.24 bits per heavy atom. The summed E-state index contributed by atoms with van der Waals surface area (Å²) in [4.78, 5) is 0.297. The van der Waals surface area contributed by atoms with Gasteiger partial charge in [0.2, 0.25) is 10.0 Å². The molecule has 1 aliphatic rings. The second-order valence-corrected chi connectivity index (χ2v) is 8.50. The summed E-state index contributed by atoms with van der Waals surface area (Å²) in [5, 5.41) is 10.1. The van der Waals surface area contributed by atoms with Gasteiger partial charge in [-0.2, -0.15) is 16.9 Å². The van der Waals surface area contributed by atoms with Gasteiger partial charge < -0.3 is 5.32 Å². The Balaban J connectivity index is 2.16. The first-order valence-corrected chi connectivity index (χ1v) is 9.91. The van der Waals surface area contributed by atoms with Crippen LogP contribution in [0, 0.1) is 6.92 Å². The van der Waals surface area contributed by atoms with Crippen molar-refractivity contribution in [2.45, 2.75) is 57.1 Å². The van der Waals surface area contributed by atoms with E-state index in [2.05, 4.69) is 20.2 Å². The lowest BCUT2D eigenvalue weighted by molar-refractivity contribution is 0.538. The Morgan fingerprint density at radius 3 is 2.86 bits per heavy atom. The first-order chi connectivity index (χ1) is 9.90. The second kappa shape index (κ2) is 7.13. The highest BCUT2D eigenvalue weighted by atomic mass is 32.2. The van der Waals surface area contributed by atoms with Crippen molar-refractivity contribution in [3.8, 4) is 0 Å². The summed E-state index contributed by atoms with van der Waals surface area (Å²) in [6.07, 6.45) is 1.96. The maximum atomic E-state index is 12.6. The smallest absolute Gasteiger partial charge is 0.244 e. The number of aryl methyl sites for hydroxylation is 1. The molecule has 0 bridgehead atoms. The van der Waals surface area contributed by atoms with E-state index in [1.54, 1.807) is 18.7 Å². The molecule has 0 amide bonds. The van der Waals surface area contributed by atoms with Crippen LogP contribution < -0.4 is 10.0 Å². The summed E-state index contributed by atoms with van der Waals surface area (Å²) >= 11 is 1.80. The van der Waals surface area contributed by atoms with Crippen molar-refractivity contribution in [3.05, 3.63) is 11.4 Å². The third kappa shape index (κ3) is 4.45. The third-order valence-electron chi connectivity index (χ3n) is 3.39. The summed E-state index contributed by atoms with van der Waals surface area (Å²) in [5.41, 5.74) is 1.14. The number of nitrogens with one attached hydrogen (secondary N) is 3. The molecule has 2 heterocycles. The average molecular weight is 332 g/mol. The summed E-state index contributed by atoms with van der Waals surface area (Å²) in [7, 11) is -3.52. The average Bonchev–Trinajstić information content (AvgIpc) is 2.79. The zero-order valence-corrected chi connectivity index (χ0v) is 14.4. The van der Waals surface area contributed by atoms with E-state index in [9.17, 15) is 8.42 Å². The minimum Gasteiger partial charge on any atom is -0.309 e. The van der Waals surface area contributed by atoms with Crippen LogP contribution in [0.25, 0.3) is 0 Å². The topological polar surface area (TPSA) is 86.9 Å². The molecule has 0 aromatic carbocycles. The molecule has 3 N–H and O–H groups in total. The lowest BCUT2D eigenvalue weighted by atomic mass is 10.2. The lowest BCUT2D eigenvalue weighted by Crippen LogP contribution is -2.39. The van der Waals surface area contributed by atoms with E-state index in [-0.39, 0.29) is 12.1 Å². The molecule has 120 valence electrons. The van der Waals surface area contributed by atoms with E-state index in [4.69, 9.17) is 0 Å². The van der Waals surface area contributed by atoms with Gasteiger partial charge in [-0.1, -0.05) is 13.8 Å². The molecule has 1 saturated heterocycles. The maximum absolute atomic E-state index is 12.6. The molecule has 0 radical (unpaired) electrons. The molecule has 1 aromatic heterocycles. The molecule has 2 rings (SSSR count). The van der Waals surface area contributed by atoms with Gasteiger partial charge in [0.1, 0.15) is 4.90 Å². The van der Waals surface area contributed by atoms with Gasteiger partial charge >= 0.3 is 0 Å². The largest absolute Gasteiger partial charge is 0.309 e. The van der Waals surface area contributed by atoms with Gasteiger partial charge in [0.15, 0.2) is 0 Å². The van der Waals surface area contributed by atoms with Crippen LogP contribution in [0.15, 0.2) is 4.90 Å². The monoisotopic (exact) mass is 332 g/mol.